The van der Waals surface area contributed by atoms with Crippen LogP contribution in [-0.4, -0.2) is 23.2 Å². The van der Waals surface area contributed by atoms with E-state index in [4.69, 9.17) is 11.0 Å². The average Bonchev–Trinajstić information content (AvgIpc) is 2.61. The molecule has 0 aliphatic heterocycles. The van der Waals surface area contributed by atoms with E-state index in [0.29, 0.717) is 17.8 Å². The quantitative estimate of drug-likeness (QED) is 0.700. The van der Waals surface area contributed by atoms with Crippen LogP contribution in [0.5, 0.6) is 0 Å². The van der Waals surface area contributed by atoms with Crippen LogP contribution in [0.3, 0.4) is 0 Å². The molecular formula is C16H16FN7. The third kappa shape index (κ3) is 4.51. The van der Waals surface area contributed by atoms with E-state index < -0.39 is 5.82 Å². The van der Waals surface area contributed by atoms with Gasteiger partial charge in [0, 0.05) is 26.0 Å². The van der Waals surface area contributed by atoms with Crippen molar-refractivity contribution in [2.24, 2.45) is 10.7 Å². The number of aromatic nitrogens is 2. The molecule has 0 atom stereocenters. The lowest BCUT2D eigenvalue weighted by Crippen LogP contribution is -2.10. The molecule has 1 aromatic carbocycles. The van der Waals surface area contributed by atoms with Crippen LogP contribution in [0.4, 0.5) is 16.2 Å². The van der Waals surface area contributed by atoms with Crippen molar-refractivity contribution in [1.29, 1.82) is 5.26 Å². The number of anilines is 2. The molecule has 0 saturated heterocycles. The summed E-state index contributed by atoms with van der Waals surface area (Å²) in [5.41, 5.74) is 7.31. The molecule has 0 saturated carbocycles. The Morgan fingerprint density at radius 1 is 1.50 bits per heavy atom. The molecule has 122 valence electrons. The first-order valence-corrected chi connectivity index (χ1v) is 7.02. The van der Waals surface area contributed by atoms with Crippen molar-refractivity contribution in [3.63, 3.8) is 0 Å². The summed E-state index contributed by atoms with van der Waals surface area (Å²) < 4.78 is 13.9. The van der Waals surface area contributed by atoms with Crippen molar-refractivity contribution in [3.05, 3.63) is 59.3 Å². The SMILES string of the molecule is CN=CC(=CN)Nc1ncc(F)c(NCc2cccc(C#N)c2)n1. The molecule has 4 N–H and O–H groups in total. The van der Waals surface area contributed by atoms with Gasteiger partial charge >= 0.3 is 0 Å². The highest BCUT2D eigenvalue weighted by Gasteiger charge is 2.08. The Labute approximate surface area is 138 Å². The Morgan fingerprint density at radius 3 is 3.04 bits per heavy atom. The van der Waals surface area contributed by atoms with Crippen molar-refractivity contribution in [1.82, 2.24) is 9.97 Å². The summed E-state index contributed by atoms with van der Waals surface area (Å²) in [5.74, 6) is -0.361. The zero-order valence-corrected chi connectivity index (χ0v) is 13.0. The molecule has 24 heavy (non-hydrogen) atoms. The number of hydrogen-bond acceptors (Lipinski definition) is 7. The molecule has 0 aliphatic carbocycles. The van der Waals surface area contributed by atoms with Gasteiger partial charge in [-0.25, -0.2) is 9.37 Å². The molecule has 8 heteroatoms. The standard InChI is InChI=1S/C16H16FN7/c1-20-9-13(7-19)23-16-22-10-14(17)15(24-16)21-8-12-4-2-3-11(5-12)6-18/h2-5,7,9-10H,8,19H2,1H3,(H2,21,22,23,24). The van der Waals surface area contributed by atoms with E-state index in [2.05, 4.69) is 31.7 Å². The number of hydrogen-bond donors (Lipinski definition) is 3. The summed E-state index contributed by atoms with van der Waals surface area (Å²) in [6.45, 7) is 0.318. The van der Waals surface area contributed by atoms with Crippen LogP contribution < -0.4 is 16.4 Å². The van der Waals surface area contributed by atoms with Gasteiger partial charge in [0.15, 0.2) is 11.6 Å². The zero-order valence-electron chi connectivity index (χ0n) is 13.0. The van der Waals surface area contributed by atoms with Gasteiger partial charge in [-0.3, -0.25) is 4.99 Å². The minimum atomic E-state index is -0.584. The molecular weight excluding hydrogens is 309 g/mol. The van der Waals surface area contributed by atoms with Crippen LogP contribution in [0.2, 0.25) is 0 Å². The molecule has 0 radical (unpaired) electrons. The Bertz CT molecular complexity index is 808. The van der Waals surface area contributed by atoms with Crippen LogP contribution in [0, 0.1) is 17.1 Å². The Hall–Kier alpha value is -3.47. The Morgan fingerprint density at radius 2 is 2.33 bits per heavy atom. The minimum Gasteiger partial charge on any atom is -0.403 e. The summed E-state index contributed by atoms with van der Waals surface area (Å²) >= 11 is 0. The molecule has 0 spiro atoms. The molecule has 1 aromatic heterocycles. The number of nitrogens with two attached hydrogens (primary N) is 1. The van der Waals surface area contributed by atoms with Crippen LogP contribution in [0.1, 0.15) is 11.1 Å². The fourth-order valence-corrected chi connectivity index (χ4v) is 1.87. The van der Waals surface area contributed by atoms with Crippen molar-refractivity contribution in [2.45, 2.75) is 6.54 Å². The van der Waals surface area contributed by atoms with Crippen LogP contribution in [-0.2, 0) is 6.54 Å². The number of nitrogens with one attached hydrogen (secondary N) is 2. The second kappa shape index (κ2) is 8.24. The molecule has 0 amide bonds. The smallest absolute Gasteiger partial charge is 0.229 e. The highest BCUT2D eigenvalue weighted by Crippen LogP contribution is 2.14. The topological polar surface area (TPSA) is 112 Å². The predicted octanol–water partition coefficient (Wildman–Crippen LogP) is 2.01. The molecule has 0 unspecified atom stereocenters. The van der Waals surface area contributed by atoms with Gasteiger partial charge in [0.25, 0.3) is 0 Å². The highest BCUT2D eigenvalue weighted by molar-refractivity contribution is 5.81. The van der Waals surface area contributed by atoms with Gasteiger partial charge < -0.3 is 16.4 Å². The van der Waals surface area contributed by atoms with Crippen molar-refractivity contribution < 1.29 is 4.39 Å². The van der Waals surface area contributed by atoms with Gasteiger partial charge in [0.1, 0.15) is 0 Å². The summed E-state index contributed by atoms with van der Waals surface area (Å²) in [7, 11) is 1.60. The fourth-order valence-electron chi connectivity index (χ4n) is 1.87. The first kappa shape index (κ1) is 16.9. The monoisotopic (exact) mass is 325 g/mol. The van der Waals surface area contributed by atoms with Gasteiger partial charge in [-0.05, 0) is 17.7 Å². The summed E-state index contributed by atoms with van der Waals surface area (Å²) in [6.07, 6.45) is 3.86. The maximum absolute atomic E-state index is 13.9. The van der Waals surface area contributed by atoms with Crippen LogP contribution >= 0.6 is 0 Å². The third-order valence-corrected chi connectivity index (χ3v) is 2.96. The third-order valence-electron chi connectivity index (χ3n) is 2.96. The maximum Gasteiger partial charge on any atom is 0.229 e. The van der Waals surface area contributed by atoms with E-state index in [1.807, 2.05) is 6.07 Å². The molecule has 2 aromatic rings. The maximum atomic E-state index is 13.9. The van der Waals surface area contributed by atoms with Gasteiger partial charge in [-0.15, -0.1) is 0 Å². The van der Waals surface area contributed by atoms with Crippen molar-refractivity contribution in [2.75, 3.05) is 17.7 Å². The first-order chi connectivity index (χ1) is 11.7. The zero-order chi connectivity index (χ0) is 17.4. The van der Waals surface area contributed by atoms with E-state index in [-0.39, 0.29) is 11.8 Å². The molecule has 0 bridgehead atoms. The first-order valence-electron chi connectivity index (χ1n) is 7.02. The number of halogens is 1. The Balaban J connectivity index is 2.12. The number of aliphatic imine (C=N–C) groups is 1. The largest absolute Gasteiger partial charge is 0.403 e. The van der Waals surface area contributed by atoms with E-state index in [9.17, 15) is 4.39 Å². The summed E-state index contributed by atoms with van der Waals surface area (Å²) in [4.78, 5) is 11.7. The highest BCUT2D eigenvalue weighted by atomic mass is 19.1. The molecule has 7 nitrogen and oxygen atoms in total. The lowest BCUT2D eigenvalue weighted by atomic mass is 10.1. The average molecular weight is 325 g/mol. The lowest BCUT2D eigenvalue weighted by Gasteiger charge is -2.09. The lowest BCUT2D eigenvalue weighted by molar-refractivity contribution is 0.617. The second-order valence-electron chi connectivity index (χ2n) is 4.69. The van der Waals surface area contributed by atoms with Crippen molar-refractivity contribution in [3.8, 4) is 6.07 Å². The number of nitriles is 1. The van der Waals surface area contributed by atoms with Gasteiger partial charge in [0.2, 0.25) is 5.95 Å². The Kier molecular flexibility index (Phi) is 5.80. The van der Waals surface area contributed by atoms with E-state index in [0.717, 1.165) is 11.8 Å². The minimum absolute atomic E-state index is 0.0414. The molecule has 0 aliphatic rings. The number of nitrogens with zero attached hydrogens (tertiary/aromatic N) is 4. The van der Waals surface area contributed by atoms with Crippen molar-refractivity contribution >= 4 is 18.0 Å². The van der Waals surface area contributed by atoms with Gasteiger partial charge in [-0.1, -0.05) is 12.1 Å². The van der Waals surface area contributed by atoms with Crippen LogP contribution in [0.25, 0.3) is 0 Å². The molecule has 0 fully saturated rings. The summed E-state index contributed by atoms with van der Waals surface area (Å²) in [5, 5.41) is 14.6. The number of rotatable bonds is 6. The number of benzene rings is 1. The number of allylic oxidation sites excluding steroid dienone is 1. The van der Waals surface area contributed by atoms with Crippen LogP contribution in [0.15, 0.2) is 47.4 Å². The normalized spacial score (nSPS) is 11.3. The summed E-state index contributed by atoms with van der Waals surface area (Å²) in [6, 6.07) is 9.08. The molecule has 1 heterocycles. The molecule has 2 rings (SSSR count). The second-order valence-corrected chi connectivity index (χ2v) is 4.69. The van der Waals surface area contributed by atoms with E-state index in [1.165, 1.54) is 12.4 Å². The predicted molar refractivity (Wildman–Crippen MR) is 90.8 cm³/mol. The van der Waals surface area contributed by atoms with E-state index >= 15 is 0 Å². The van der Waals surface area contributed by atoms with Gasteiger partial charge in [0.05, 0.1) is 23.5 Å². The van der Waals surface area contributed by atoms with E-state index in [1.54, 1.807) is 25.2 Å². The van der Waals surface area contributed by atoms with Gasteiger partial charge in [-0.2, -0.15) is 10.2 Å². The fraction of sp³-hybridized carbons (Fsp3) is 0.125.